The lowest BCUT2D eigenvalue weighted by atomic mass is 9.94. The van der Waals surface area contributed by atoms with Crippen molar-refractivity contribution in [2.45, 2.75) is 76.0 Å². The van der Waals surface area contributed by atoms with Gasteiger partial charge in [0.1, 0.15) is 11.8 Å². The standard InChI is InChI=1S/C32H41N7O8S/c1-5-6-11-46-31(43)39-18-32(14-22(39)16-34-30-35-23-9-7-8-10-24(23)36-30)15-25(37-47-32)28(40)33-17-26(29(41)42)38-48(44,45)27-20(3)12-19(2)13-21(27)4/h7-10,12-13,22,26,38H,5-6,11,14-18H2,1-4H3,(H,33,40)(H,41,42)(H2,34,35,36)/t22-,26-,32-/m0/s1. The first-order valence-electron chi connectivity index (χ1n) is 15.8. The van der Waals surface area contributed by atoms with Gasteiger partial charge >= 0.3 is 12.1 Å². The molecule has 2 aromatic carbocycles. The zero-order chi connectivity index (χ0) is 34.6. The molecule has 2 aliphatic rings. The molecule has 0 bridgehead atoms. The number of hydrogen-bond acceptors (Lipinski definition) is 10. The van der Waals surface area contributed by atoms with Gasteiger partial charge in [-0.05, 0) is 50.5 Å². The molecular weight excluding hydrogens is 642 g/mol. The summed E-state index contributed by atoms with van der Waals surface area (Å²) >= 11 is 0. The third-order valence-corrected chi connectivity index (χ3v) is 10.2. The number of nitrogens with one attached hydrogen (secondary N) is 4. The summed E-state index contributed by atoms with van der Waals surface area (Å²) in [4.78, 5) is 53.4. The topological polar surface area (TPSA) is 204 Å². The van der Waals surface area contributed by atoms with E-state index in [4.69, 9.17) is 9.57 Å². The van der Waals surface area contributed by atoms with Crippen LogP contribution >= 0.6 is 0 Å². The smallest absolute Gasteiger partial charge is 0.410 e. The second-order valence-electron chi connectivity index (χ2n) is 12.4. The van der Waals surface area contributed by atoms with E-state index in [0.29, 0.717) is 36.5 Å². The van der Waals surface area contributed by atoms with Gasteiger partial charge in [-0.25, -0.2) is 18.2 Å². The highest BCUT2D eigenvalue weighted by atomic mass is 32.2. The molecule has 5 rings (SSSR count). The highest BCUT2D eigenvalue weighted by Crippen LogP contribution is 2.38. The van der Waals surface area contributed by atoms with Gasteiger partial charge in [0.25, 0.3) is 5.91 Å². The molecule has 1 spiro atoms. The van der Waals surface area contributed by atoms with Crippen LogP contribution in [0.25, 0.3) is 11.0 Å². The summed E-state index contributed by atoms with van der Waals surface area (Å²) in [7, 11) is -4.23. The van der Waals surface area contributed by atoms with Crippen LogP contribution in [0, 0.1) is 20.8 Å². The minimum Gasteiger partial charge on any atom is -0.480 e. The van der Waals surface area contributed by atoms with Gasteiger partial charge in [0, 0.05) is 25.9 Å². The molecule has 1 aromatic heterocycles. The van der Waals surface area contributed by atoms with Crippen molar-refractivity contribution in [3.63, 3.8) is 0 Å². The van der Waals surface area contributed by atoms with Crippen LogP contribution in [0.1, 0.15) is 49.3 Å². The van der Waals surface area contributed by atoms with E-state index in [0.717, 1.165) is 23.0 Å². The summed E-state index contributed by atoms with van der Waals surface area (Å²) in [6.07, 6.45) is 1.45. The highest BCUT2D eigenvalue weighted by Gasteiger charge is 2.52. The van der Waals surface area contributed by atoms with Gasteiger partial charge in [0.05, 0.1) is 35.1 Å². The molecule has 0 unspecified atom stereocenters. The number of H-pyrrole nitrogens is 1. The van der Waals surface area contributed by atoms with Crippen LogP contribution in [0.5, 0.6) is 0 Å². The Hall–Kier alpha value is -4.70. The number of benzene rings is 2. The van der Waals surface area contributed by atoms with Crippen LogP contribution in [0.3, 0.4) is 0 Å². The van der Waals surface area contributed by atoms with E-state index >= 15 is 0 Å². The Bertz CT molecular complexity index is 1790. The average molecular weight is 684 g/mol. The second-order valence-corrected chi connectivity index (χ2v) is 14.0. The van der Waals surface area contributed by atoms with Gasteiger partial charge in [-0.15, -0.1) is 0 Å². The maximum atomic E-state index is 13.2. The Balaban J connectivity index is 1.22. The van der Waals surface area contributed by atoms with Crippen molar-refractivity contribution in [3.05, 3.63) is 53.1 Å². The first-order chi connectivity index (χ1) is 22.8. The van der Waals surface area contributed by atoms with Crippen molar-refractivity contribution in [2.24, 2.45) is 5.16 Å². The number of amides is 2. The molecule has 3 heterocycles. The number of carbonyl (C=O) groups is 3. The number of carboxylic acid groups (broad SMARTS) is 1. The first-order valence-corrected chi connectivity index (χ1v) is 17.3. The van der Waals surface area contributed by atoms with Crippen molar-refractivity contribution in [1.82, 2.24) is 24.9 Å². The number of nitrogens with zero attached hydrogens (tertiary/aromatic N) is 3. The number of aryl methyl sites for hydroxylation is 3. The number of para-hydroxylation sites is 2. The minimum absolute atomic E-state index is 0.00240. The number of aliphatic carboxylic acids is 1. The van der Waals surface area contributed by atoms with Crippen LogP contribution in [-0.2, 0) is 29.2 Å². The molecule has 0 saturated carbocycles. The fourth-order valence-electron chi connectivity index (χ4n) is 6.23. The summed E-state index contributed by atoms with van der Waals surface area (Å²) in [5.74, 6) is -1.63. The summed E-state index contributed by atoms with van der Waals surface area (Å²) < 4.78 is 34.1. The predicted octanol–water partition coefficient (Wildman–Crippen LogP) is 2.97. The maximum Gasteiger partial charge on any atom is 0.410 e. The number of imidazole rings is 1. The molecule has 1 saturated heterocycles. The molecule has 0 aliphatic carbocycles. The minimum atomic E-state index is -4.23. The molecule has 0 radical (unpaired) electrons. The van der Waals surface area contributed by atoms with Crippen molar-refractivity contribution in [3.8, 4) is 0 Å². The molecule has 16 heteroatoms. The SMILES string of the molecule is CCCCOC(=O)N1C[C@@]2(CC(C(=O)NC[C@H](NS(=O)(=O)c3c(C)cc(C)cc3C)C(=O)O)=NO2)C[C@H]1CNc1nc2ccccc2[nH]1. The molecule has 2 amide bonds. The Labute approximate surface area is 278 Å². The summed E-state index contributed by atoms with van der Waals surface area (Å²) in [6.45, 7) is 7.25. The third kappa shape index (κ3) is 7.71. The van der Waals surface area contributed by atoms with Crippen molar-refractivity contribution >= 4 is 50.7 Å². The van der Waals surface area contributed by atoms with Crippen LogP contribution in [0.15, 0.2) is 46.4 Å². The second kappa shape index (κ2) is 14.2. The Morgan fingerprint density at radius 2 is 1.92 bits per heavy atom. The number of sulfonamides is 1. The quantitative estimate of drug-likeness (QED) is 0.167. The fourth-order valence-corrected chi connectivity index (χ4v) is 7.87. The molecular formula is C32H41N7O8S. The van der Waals surface area contributed by atoms with E-state index in [-0.39, 0.29) is 36.2 Å². The van der Waals surface area contributed by atoms with Gasteiger partial charge in [-0.1, -0.05) is 48.3 Å². The third-order valence-electron chi connectivity index (χ3n) is 8.40. The van der Waals surface area contributed by atoms with Gasteiger partial charge < -0.3 is 30.3 Å². The zero-order valence-electron chi connectivity index (χ0n) is 27.3. The number of anilines is 1. The summed E-state index contributed by atoms with van der Waals surface area (Å²) in [6, 6.07) is 8.94. The molecule has 15 nitrogen and oxygen atoms in total. The van der Waals surface area contributed by atoms with Gasteiger partial charge in [0.2, 0.25) is 16.0 Å². The summed E-state index contributed by atoms with van der Waals surface area (Å²) in [5, 5.41) is 19.5. The molecule has 5 N–H and O–H groups in total. The van der Waals surface area contributed by atoms with Crippen LogP contribution in [-0.4, -0.2) is 96.0 Å². The highest BCUT2D eigenvalue weighted by molar-refractivity contribution is 7.89. The van der Waals surface area contributed by atoms with E-state index < -0.39 is 46.2 Å². The van der Waals surface area contributed by atoms with E-state index in [2.05, 4.69) is 30.5 Å². The molecule has 3 aromatic rings. The van der Waals surface area contributed by atoms with E-state index in [1.807, 2.05) is 38.1 Å². The number of aromatic nitrogens is 2. The maximum absolute atomic E-state index is 13.2. The van der Waals surface area contributed by atoms with E-state index in [1.54, 1.807) is 30.9 Å². The first kappa shape index (κ1) is 34.6. The van der Waals surface area contributed by atoms with Crippen LogP contribution in [0.2, 0.25) is 0 Å². The number of carboxylic acids is 1. The monoisotopic (exact) mass is 683 g/mol. The number of aromatic amines is 1. The summed E-state index contributed by atoms with van der Waals surface area (Å²) in [5.41, 5.74) is 2.46. The molecule has 1 fully saturated rings. The molecule has 258 valence electrons. The van der Waals surface area contributed by atoms with Crippen molar-refractivity contribution < 1.29 is 37.5 Å². The van der Waals surface area contributed by atoms with Gasteiger partial charge in [-0.3, -0.25) is 14.5 Å². The Morgan fingerprint density at radius 3 is 2.60 bits per heavy atom. The lowest BCUT2D eigenvalue weighted by Gasteiger charge is -2.24. The van der Waals surface area contributed by atoms with E-state index in [9.17, 15) is 27.9 Å². The number of likely N-dealkylation sites (tertiary alicyclic amines) is 1. The number of carbonyl (C=O) groups excluding carboxylic acids is 2. The van der Waals surface area contributed by atoms with Crippen LogP contribution in [0.4, 0.5) is 10.7 Å². The van der Waals surface area contributed by atoms with Crippen molar-refractivity contribution in [1.29, 1.82) is 0 Å². The lowest BCUT2D eigenvalue weighted by molar-refractivity contribution is -0.138. The zero-order valence-corrected chi connectivity index (χ0v) is 28.1. The van der Waals surface area contributed by atoms with Crippen LogP contribution < -0.4 is 15.4 Å². The number of fused-ring (bicyclic) bond motifs is 1. The fraction of sp³-hybridized carbons (Fsp3) is 0.469. The predicted molar refractivity (Wildman–Crippen MR) is 177 cm³/mol. The Kier molecular flexibility index (Phi) is 10.2. The normalized spacial score (nSPS) is 19.6. The lowest BCUT2D eigenvalue weighted by Crippen LogP contribution is -2.49. The number of oxime groups is 1. The largest absolute Gasteiger partial charge is 0.480 e. The molecule has 2 aliphatic heterocycles. The number of rotatable bonds is 13. The molecule has 48 heavy (non-hydrogen) atoms. The Morgan fingerprint density at radius 1 is 1.19 bits per heavy atom. The van der Waals surface area contributed by atoms with Gasteiger partial charge in [-0.2, -0.15) is 4.72 Å². The van der Waals surface area contributed by atoms with E-state index in [1.165, 1.54) is 0 Å². The van der Waals surface area contributed by atoms with Gasteiger partial charge in [0.15, 0.2) is 5.60 Å². The number of unbranched alkanes of at least 4 members (excludes halogenated alkanes) is 1. The number of ether oxygens (including phenoxy) is 1. The van der Waals surface area contributed by atoms with Crippen molar-refractivity contribution in [2.75, 3.05) is 31.6 Å². The molecule has 3 atom stereocenters. The average Bonchev–Trinajstić information content (AvgIpc) is 3.73. The number of hydrogen-bond donors (Lipinski definition) is 5.